The van der Waals surface area contributed by atoms with Gasteiger partial charge in [-0.05, 0) is 48.8 Å². The quantitative estimate of drug-likeness (QED) is 0.763. The topological polar surface area (TPSA) is 55.0 Å². The number of para-hydroxylation sites is 2. The van der Waals surface area contributed by atoms with Crippen LogP contribution in [0.2, 0.25) is 0 Å². The second-order valence-corrected chi connectivity index (χ2v) is 7.20. The van der Waals surface area contributed by atoms with Crippen LogP contribution in [0, 0.1) is 0 Å². The Hall–Kier alpha value is -2.61. The van der Waals surface area contributed by atoms with Gasteiger partial charge in [-0.25, -0.2) is 0 Å². The van der Waals surface area contributed by atoms with Gasteiger partial charge in [0.15, 0.2) is 0 Å². The van der Waals surface area contributed by atoms with Crippen LogP contribution in [0.25, 0.3) is 5.70 Å². The molecule has 1 fully saturated rings. The molecule has 1 saturated heterocycles. The molecule has 0 atom stereocenters. The van der Waals surface area contributed by atoms with E-state index >= 15 is 0 Å². The number of rotatable bonds is 4. The molecule has 0 amide bonds. The van der Waals surface area contributed by atoms with Gasteiger partial charge in [-0.1, -0.05) is 42.5 Å². The van der Waals surface area contributed by atoms with Crippen LogP contribution in [0.15, 0.2) is 60.7 Å². The summed E-state index contributed by atoms with van der Waals surface area (Å²) >= 11 is 5.35. The molecule has 28 heavy (non-hydrogen) atoms. The Bertz CT molecular complexity index is 864. The summed E-state index contributed by atoms with van der Waals surface area (Å²) in [5, 5.41) is 5.25. The third-order valence-electron chi connectivity index (χ3n) is 4.98. The van der Waals surface area contributed by atoms with Crippen molar-refractivity contribution >= 4 is 28.8 Å². The van der Waals surface area contributed by atoms with Gasteiger partial charge in [0.2, 0.25) is 0 Å². The molecule has 0 radical (unpaired) electrons. The summed E-state index contributed by atoms with van der Waals surface area (Å²) in [4.78, 5) is 11.7. The van der Waals surface area contributed by atoms with Gasteiger partial charge in [0.05, 0.1) is 18.5 Å². The maximum absolute atomic E-state index is 5.94. The summed E-state index contributed by atoms with van der Waals surface area (Å²) in [6.07, 6.45) is 3.81. The van der Waals surface area contributed by atoms with Crippen molar-refractivity contribution in [3.63, 3.8) is 0 Å². The molecule has 0 unspecified atom stereocenters. The number of anilines is 1. The van der Waals surface area contributed by atoms with Crippen LogP contribution in [0.1, 0.15) is 18.4 Å². The largest absolute Gasteiger partial charge is 0.495 e. The lowest BCUT2D eigenvalue weighted by Gasteiger charge is -2.35. The van der Waals surface area contributed by atoms with Gasteiger partial charge >= 0.3 is 0 Å². The summed E-state index contributed by atoms with van der Waals surface area (Å²) in [7, 11) is 1.63. The number of nitrogens with one attached hydrogen (secondary N) is 2. The van der Waals surface area contributed by atoms with Gasteiger partial charge in [-0.3, -0.25) is 10.3 Å². The minimum absolute atomic E-state index is 0.298. The Labute approximate surface area is 170 Å². The fourth-order valence-electron chi connectivity index (χ4n) is 3.44. The second-order valence-electron chi connectivity index (χ2n) is 6.83. The van der Waals surface area contributed by atoms with Crippen molar-refractivity contribution in [2.75, 3.05) is 25.5 Å². The molecular weight excluding hydrogens is 374 g/mol. The van der Waals surface area contributed by atoms with Gasteiger partial charge in [-0.15, -0.1) is 5.06 Å². The monoisotopic (exact) mass is 397 g/mol. The zero-order valence-electron chi connectivity index (χ0n) is 15.7. The number of benzene rings is 2. The average molecular weight is 398 g/mol. The van der Waals surface area contributed by atoms with E-state index in [1.54, 1.807) is 7.11 Å². The van der Waals surface area contributed by atoms with Crippen LogP contribution in [0.5, 0.6) is 5.75 Å². The van der Waals surface area contributed by atoms with Crippen LogP contribution in [0.3, 0.4) is 0 Å². The molecule has 0 saturated carbocycles. The van der Waals surface area contributed by atoms with E-state index in [0.29, 0.717) is 18.3 Å². The van der Waals surface area contributed by atoms with Gasteiger partial charge in [-0.2, -0.15) is 0 Å². The predicted molar refractivity (Wildman–Crippen MR) is 112 cm³/mol. The minimum Gasteiger partial charge on any atom is -0.495 e. The molecular formula is C21H23N3O3S. The van der Waals surface area contributed by atoms with E-state index in [0.717, 1.165) is 35.5 Å². The predicted octanol–water partition coefficient (Wildman–Crippen LogP) is 3.73. The first kappa shape index (κ1) is 18.7. The lowest BCUT2D eigenvalue weighted by Crippen LogP contribution is -2.45. The third kappa shape index (κ3) is 4.11. The van der Waals surface area contributed by atoms with Crippen molar-refractivity contribution in [3.8, 4) is 5.75 Å². The number of methoxy groups -OCH3 is 1. The number of hydrogen-bond donors (Lipinski definition) is 2. The highest BCUT2D eigenvalue weighted by Gasteiger charge is 2.39. The number of nitrogens with zero attached hydrogens (tertiary/aromatic N) is 1. The Morgan fingerprint density at radius 3 is 2.57 bits per heavy atom. The molecule has 0 bridgehead atoms. The van der Waals surface area contributed by atoms with Crippen LogP contribution in [0.4, 0.5) is 5.69 Å². The van der Waals surface area contributed by atoms with E-state index in [4.69, 9.17) is 26.6 Å². The standard InChI is InChI=1S/C21H23N3O3S/c1-25-19-10-6-5-9-17(19)22-20(28)26-24-13-11-21(12-14-24)15-18(23-27-21)16-7-3-2-4-8-16/h2-10,15,23H,11-14H2,1H3,(H,22,28). The van der Waals surface area contributed by atoms with Crippen molar-refractivity contribution in [2.24, 2.45) is 0 Å². The first-order valence-electron chi connectivity index (χ1n) is 9.27. The van der Waals surface area contributed by atoms with Crippen molar-refractivity contribution in [1.29, 1.82) is 0 Å². The van der Waals surface area contributed by atoms with E-state index in [1.807, 2.05) is 47.5 Å². The smallest absolute Gasteiger partial charge is 0.283 e. The van der Waals surface area contributed by atoms with Crippen LogP contribution < -0.4 is 15.5 Å². The van der Waals surface area contributed by atoms with Crippen molar-refractivity contribution in [3.05, 3.63) is 66.2 Å². The summed E-state index contributed by atoms with van der Waals surface area (Å²) in [5.74, 6) is 0.718. The van der Waals surface area contributed by atoms with E-state index in [-0.39, 0.29) is 5.60 Å². The van der Waals surface area contributed by atoms with Crippen molar-refractivity contribution in [1.82, 2.24) is 10.5 Å². The maximum Gasteiger partial charge on any atom is 0.283 e. The van der Waals surface area contributed by atoms with Crippen LogP contribution >= 0.6 is 12.2 Å². The van der Waals surface area contributed by atoms with E-state index in [2.05, 4.69) is 29.0 Å². The molecule has 7 heteroatoms. The molecule has 6 nitrogen and oxygen atoms in total. The molecule has 0 aliphatic carbocycles. The lowest BCUT2D eigenvalue weighted by atomic mass is 9.91. The summed E-state index contributed by atoms with van der Waals surface area (Å²) in [5.41, 5.74) is 5.70. The van der Waals surface area contributed by atoms with Gasteiger partial charge in [0.25, 0.3) is 5.17 Å². The Kier molecular flexibility index (Phi) is 5.47. The maximum atomic E-state index is 5.94. The van der Waals surface area contributed by atoms with Crippen LogP contribution in [-0.2, 0) is 9.68 Å². The number of hydrogen-bond acceptors (Lipinski definition) is 6. The molecule has 2 aliphatic rings. The minimum atomic E-state index is -0.303. The molecule has 4 rings (SSSR count). The highest BCUT2D eigenvalue weighted by Crippen LogP contribution is 2.34. The van der Waals surface area contributed by atoms with E-state index in [9.17, 15) is 0 Å². The number of ether oxygens (including phenoxy) is 1. The molecule has 2 aromatic carbocycles. The van der Waals surface area contributed by atoms with Crippen molar-refractivity contribution < 1.29 is 14.4 Å². The van der Waals surface area contributed by atoms with Crippen molar-refractivity contribution in [2.45, 2.75) is 18.4 Å². The Balaban J connectivity index is 1.32. The number of hydroxylamine groups is 3. The highest BCUT2D eigenvalue weighted by molar-refractivity contribution is 7.80. The zero-order chi connectivity index (χ0) is 19.4. The number of piperidine rings is 1. The third-order valence-corrected chi connectivity index (χ3v) is 5.16. The van der Waals surface area contributed by atoms with E-state index < -0.39 is 0 Å². The first-order valence-corrected chi connectivity index (χ1v) is 9.67. The summed E-state index contributed by atoms with van der Waals surface area (Å²) < 4.78 is 5.32. The molecule has 146 valence electrons. The lowest BCUT2D eigenvalue weighted by molar-refractivity contribution is -0.142. The average Bonchev–Trinajstić information content (AvgIpc) is 3.15. The summed E-state index contributed by atoms with van der Waals surface area (Å²) in [6.45, 7) is 1.43. The molecule has 2 N–H and O–H groups in total. The Morgan fingerprint density at radius 2 is 1.82 bits per heavy atom. The van der Waals surface area contributed by atoms with Gasteiger partial charge < -0.3 is 14.9 Å². The SMILES string of the molecule is COc1ccccc1NC(=S)ON1CCC2(C=C(c3ccccc3)NO2)CC1. The molecule has 1 spiro atoms. The summed E-state index contributed by atoms with van der Waals surface area (Å²) in [6, 6.07) is 17.8. The highest BCUT2D eigenvalue weighted by atomic mass is 32.1. The van der Waals surface area contributed by atoms with E-state index in [1.165, 1.54) is 0 Å². The molecule has 2 aliphatic heterocycles. The van der Waals surface area contributed by atoms with Gasteiger partial charge in [0.1, 0.15) is 11.4 Å². The first-order chi connectivity index (χ1) is 13.7. The molecule has 2 heterocycles. The molecule has 0 aromatic heterocycles. The fourth-order valence-corrected chi connectivity index (χ4v) is 3.65. The fraction of sp³-hybridized carbons (Fsp3) is 0.286. The van der Waals surface area contributed by atoms with Crippen LogP contribution in [-0.4, -0.2) is 36.0 Å². The molecule has 2 aromatic rings. The van der Waals surface area contributed by atoms with Gasteiger partial charge in [0, 0.05) is 13.1 Å². The zero-order valence-corrected chi connectivity index (χ0v) is 16.5. The Morgan fingerprint density at radius 1 is 1.11 bits per heavy atom. The number of thiocarbonyl (C=S) groups is 1. The normalized spacial score (nSPS) is 18.2. The second kappa shape index (κ2) is 8.18.